The summed E-state index contributed by atoms with van der Waals surface area (Å²) in [6, 6.07) is 1.92. The molecule has 0 amide bonds. The first-order valence-corrected chi connectivity index (χ1v) is 6.57. The number of carbonyl (C=O) groups is 1. The molecule has 0 saturated carbocycles. The van der Waals surface area contributed by atoms with E-state index in [-0.39, 0.29) is 5.54 Å². The zero-order valence-corrected chi connectivity index (χ0v) is 12.1. The number of piperazine rings is 1. The lowest BCUT2D eigenvalue weighted by molar-refractivity contribution is 0.0546. The zero-order valence-electron chi connectivity index (χ0n) is 12.1. The van der Waals surface area contributed by atoms with Crippen molar-refractivity contribution in [1.82, 2.24) is 10.2 Å². The van der Waals surface area contributed by atoms with Gasteiger partial charge >= 0.3 is 5.97 Å². The molecule has 0 aliphatic carbocycles. The van der Waals surface area contributed by atoms with E-state index in [0.29, 0.717) is 12.3 Å². The van der Waals surface area contributed by atoms with Gasteiger partial charge in [0, 0.05) is 30.7 Å². The number of furan rings is 1. The lowest BCUT2D eigenvalue weighted by Crippen LogP contribution is -2.57. The molecule has 0 atom stereocenters. The van der Waals surface area contributed by atoms with Gasteiger partial charge < -0.3 is 14.5 Å². The number of methoxy groups -OCH3 is 1. The third-order valence-electron chi connectivity index (χ3n) is 3.66. The quantitative estimate of drug-likeness (QED) is 0.841. The minimum atomic E-state index is -0.414. The van der Waals surface area contributed by atoms with Crippen LogP contribution in [0.4, 0.5) is 0 Å². The molecule has 5 heteroatoms. The fraction of sp³-hybridized carbons (Fsp3) is 0.643. The summed E-state index contributed by atoms with van der Waals surface area (Å²) in [6.45, 7) is 9.89. The lowest BCUT2D eigenvalue weighted by Gasteiger charge is -2.42. The monoisotopic (exact) mass is 266 g/mol. The Morgan fingerprint density at radius 1 is 1.58 bits per heavy atom. The van der Waals surface area contributed by atoms with Crippen molar-refractivity contribution in [2.75, 3.05) is 26.7 Å². The van der Waals surface area contributed by atoms with Crippen LogP contribution in [0.25, 0.3) is 0 Å². The minimum absolute atomic E-state index is 0.0877. The van der Waals surface area contributed by atoms with E-state index in [2.05, 4.69) is 24.1 Å². The average Bonchev–Trinajstić information content (AvgIpc) is 2.72. The molecule has 0 radical (unpaired) electrons. The van der Waals surface area contributed by atoms with Gasteiger partial charge in [-0.15, -0.1) is 0 Å². The Morgan fingerprint density at radius 3 is 2.95 bits per heavy atom. The van der Waals surface area contributed by atoms with Gasteiger partial charge in [0.05, 0.1) is 13.7 Å². The standard InChI is InChI=1S/C14H22N2O3/c1-10-7-11(19-12(10)13(17)18-4)8-16-6-5-15-9-14(16,2)3/h7,15H,5-6,8-9H2,1-4H3. The summed E-state index contributed by atoms with van der Waals surface area (Å²) in [7, 11) is 1.36. The van der Waals surface area contributed by atoms with Gasteiger partial charge in [0.25, 0.3) is 0 Å². The second-order valence-corrected chi connectivity index (χ2v) is 5.63. The van der Waals surface area contributed by atoms with E-state index in [1.165, 1.54) is 7.11 Å². The van der Waals surface area contributed by atoms with E-state index in [9.17, 15) is 4.79 Å². The van der Waals surface area contributed by atoms with Gasteiger partial charge in [0.1, 0.15) is 5.76 Å². The molecule has 0 unspecified atom stereocenters. The highest BCUT2D eigenvalue weighted by Crippen LogP contribution is 2.22. The molecule has 0 bridgehead atoms. The second-order valence-electron chi connectivity index (χ2n) is 5.63. The van der Waals surface area contributed by atoms with Crippen LogP contribution < -0.4 is 5.32 Å². The molecule has 19 heavy (non-hydrogen) atoms. The van der Waals surface area contributed by atoms with Crippen molar-refractivity contribution < 1.29 is 13.9 Å². The van der Waals surface area contributed by atoms with E-state index >= 15 is 0 Å². The van der Waals surface area contributed by atoms with Crippen LogP contribution in [0.2, 0.25) is 0 Å². The maximum absolute atomic E-state index is 11.5. The SMILES string of the molecule is COC(=O)c1oc(CN2CCNCC2(C)C)cc1C. The summed E-state index contributed by atoms with van der Waals surface area (Å²) in [5.74, 6) is 0.710. The minimum Gasteiger partial charge on any atom is -0.463 e. The van der Waals surface area contributed by atoms with Crippen LogP contribution in [-0.2, 0) is 11.3 Å². The largest absolute Gasteiger partial charge is 0.463 e. The van der Waals surface area contributed by atoms with Gasteiger partial charge in [-0.05, 0) is 26.8 Å². The van der Waals surface area contributed by atoms with Crippen LogP contribution in [-0.4, -0.2) is 43.2 Å². The van der Waals surface area contributed by atoms with Crippen LogP contribution in [0.1, 0.15) is 35.7 Å². The summed E-state index contributed by atoms with van der Waals surface area (Å²) in [5.41, 5.74) is 0.916. The van der Waals surface area contributed by atoms with E-state index in [1.54, 1.807) is 0 Å². The summed E-state index contributed by atoms with van der Waals surface area (Å²) < 4.78 is 10.3. The molecular formula is C14H22N2O3. The average molecular weight is 266 g/mol. The highest BCUT2D eigenvalue weighted by molar-refractivity contribution is 5.87. The van der Waals surface area contributed by atoms with Gasteiger partial charge in [-0.1, -0.05) is 0 Å². The zero-order chi connectivity index (χ0) is 14.0. The first-order valence-electron chi connectivity index (χ1n) is 6.57. The van der Waals surface area contributed by atoms with Crippen molar-refractivity contribution in [2.45, 2.75) is 32.9 Å². The number of esters is 1. The van der Waals surface area contributed by atoms with Crippen LogP contribution >= 0.6 is 0 Å². The third kappa shape index (κ3) is 2.98. The second kappa shape index (κ2) is 5.35. The van der Waals surface area contributed by atoms with Crippen molar-refractivity contribution >= 4 is 5.97 Å². The van der Waals surface area contributed by atoms with Gasteiger partial charge in [-0.2, -0.15) is 0 Å². The molecule has 0 aromatic carbocycles. The van der Waals surface area contributed by atoms with Gasteiger partial charge in [-0.25, -0.2) is 4.79 Å². The lowest BCUT2D eigenvalue weighted by atomic mass is 10.00. The molecule has 2 heterocycles. The Labute approximate surface area is 113 Å². The Balaban J connectivity index is 2.13. The van der Waals surface area contributed by atoms with Crippen LogP contribution in [0.5, 0.6) is 0 Å². The van der Waals surface area contributed by atoms with Crippen molar-refractivity contribution in [1.29, 1.82) is 0 Å². The van der Waals surface area contributed by atoms with Crippen molar-refractivity contribution in [2.24, 2.45) is 0 Å². The molecule has 106 valence electrons. The molecule has 1 aromatic rings. The van der Waals surface area contributed by atoms with Gasteiger partial charge in [0.15, 0.2) is 0 Å². The van der Waals surface area contributed by atoms with Gasteiger partial charge in [0.2, 0.25) is 5.76 Å². The van der Waals surface area contributed by atoms with Crippen LogP contribution in [0, 0.1) is 6.92 Å². The molecule has 2 rings (SSSR count). The van der Waals surface area contributed by atoms with E-state index in [0.717, 1.165) is 31.0 Å². The van der Waals surface area contributed by atoms with Crippen LogP contribution in [0.15, 0.2) is 10.5 Å². The topological polar surface area (TPSA) is 54.7 Å². The Bertz CT molecular complexity index is 465. The normalized spacial score (nSPS) is 19.4. The summed E-state index contributed by atoms with van der Waals surface area (Å²) in [5, 5.41) is 3.39. The van der Waals surface area contributed by atoms with E-state index in [1.807, 2.05) is 13.0 Å². The van der Waals surface area contributed by atoms with E-state index < -0.39 is 5.97 Å². The summed E-state index contributed by atoms with van der Waals surface area (Å²) in [4.78, 5) is 13.9. The maximum Gasteiger partial charge on any atom is 0.374 e. The highest BCUT2D eigenvalue weighted by Gasteiger charge is 2.30. The number of nitrogens with one attached hydrogen (secondary N) is 1. The van der Waals surface area contributed by atoms with Gasteiger partial charge in [-0.3, -0.25) is 4.90 Å². The number of hydrogen-bond donors (Lipinski definition) is 1. The number of ether oxygens (including phenoxy) is 1. The molecule has 1 fully saturated rings. The molecule has 1 N–H and O–H groups in total. The number of hydrogen-bond acceptors (Lipinski definition) is 5. The number of carbonyl (C=O) groups excluding carboxylic acids is 1. The maximum atomic E-state index is 11.5. The predicted molar refractivity (Wildman–Crippen MR) is 72.1 cm³/mol. The molecular weight excluding hydrogens is 244 g/mol. The number of rotatable bonds is 3. The molecule has 1 aliphatic heterocycles. The van der Waals surface area contributed by atoms with Crippen molar-refractivity contribution in [3.8, 4) is 0 Å². The Kier molecular flexibility index (Phi) is 3.96. The van der Waals surface area contributed by atoms with Crippen molar-refractivity contribution in [3.05, 3.63) is 23.2 Å². The van der Waals surface area contributed by atoms with E-state index in [4.69, 9.17) is 9.15 Å². The molecule has 1 aromatic heterocycles. The fourth-order valence-corrected chi connectivity index (χ4v) is 2.43. The fourth-order valence-electron chi connectivity index (χ4n) is 2.43. The molecule has 1 aliphatic rings. The van der Waals surface area contributed by atoms with Crippen molar-refractivity contribution in [3.63, 3.8) is 0 Å². The molecule has 5 nitrogen and oxygen atoms in total. The predicted octanol–water partition coefficient (Wildman–Crippen LogP) is 1.56. The summed E-state index contributed by atoms with van der Waals surface area (Å²) >= 11 is 0. The third-order valence-corrected chi connectivity index (χ3v) is 3.66. The first-order chi connectivity index (χ1) is 8.94. The smallest absolute Gasteiger partial charge is 0.374 e. The Hall–Kier alpha value is -1.33. The number of nitrogens with zero attached hydrogens (tertiary/aromatic N) is 1. The Morgan fingerprint density at radius 2 is 2.32 bits per heavy atom. The first kappa shape index (κ1) is 14.1. The molecule has 1 saturated heterocycles. The van der Waals surface area contributed by atoms with Crippen LogP contribution in [0.3, 0.4) is 0 Å². The number of aryl methyl sites for hydroxylation is 1. The molecule has 0 spiro atoms. The highest BCUT2D eigenvalue weighted by atomic mass is 16.5. The summed E-state index contributed by atoms with van der Waals surface area (Å²) in [6.07, 6.45) is 0.